The van der Waals surface area contributed by atoms with Crippen LogP contribution in [0, 0.1) is 5.82 Å². The lowest BCUT2D eigenvalue weighted by atomic mass is 9.99. The van der Waals surface area contributed by atoms with E-state index in [1.165, 1.54) is 18.2 Å². The van der Waals surface area contributed by atoms with Crippen LogP contribution in [0.15, 0.2) is 24.3 Å². The van der Waals surface area contributed by atoms with Crippen LogP contribution in [0.5, 0.6) is 0 Å². The molecule has 1 fully saturated rings. The Morgan fingerprint density at radius 2 is 2.06 bits per heavy atom. The van der Waals surface area contributed by atoms with Gasteiger partial charge in [0.05, 0.1) is 6.04 Å². The Morgan fingerprint density at radius 1 is 1.31 bits per heavy atom. The molecule has 1 heterocycles. The third-order valence-electron chi connectivity index (χ3n) is 2.95. The van der Waals surface area contributed by atoms with Gasteiger partial charge in [-0.2, -0.15) is 0 Å². The highest BCUT2D eigenvalue weighted by Crippen LogP contribution is 2.29. The summed E-state index contributed by atoms with van der Waals surface area (Å²) >= 11 is 0. The predicted molar refractivity (Wildman–Crippen MR) is 56.1 cm³/mol. The third-order valence-corrected chi connectivity index (χ3v) is 2.95. The maximum atomic E-state index is 13.8. The molecule has 1 aromatic rings. The first-order valence-electron chi connectivity index (χ1n) is 5.44. The van der Waals surface area contributed by atoms with E-state index >= 15 is 0 Å². The van der Waals surface area contributed by atoms with Crippen molar-refractivity contribution in [3.63, 3.8) is 0 Å². The van der Waals surface area contributed by atoms with Gasteiger partial charge in [-0.1, -0.05) is 18.2 Å². The Kier molecular flexibility index (Phi) is 3.19. The number of halogens is 3. The second kappa shape index (κ2) is 4.45. The average Bonchev–Trinajstić information content (AvgIpc) is 2.75. The van der Waals surface area contributed by atoms with E-state index in [-0.39, 0.29) is 5.56 Å². The molecule has 0 radical (unpaired) electrons. The second-order valence-corrected chi connectivity index (χ2v) is 4.18. The van der Waals surface area contributed by atoms with E-state index < -0.39 is 24.2 Å². The van der Waals surface area contributed by atoms with Crippen LogP contribution in [0.2, 0.25) is 0 Å². The monoisotopic (exact) mass is 229 g/mol. The van der Waals surface area contributed by atoms with Crippen molar-refractivity contribution >= 4 is 0 Å². The molecule has 1 nitrogen and oxygen atoms in total. The number of alkyl halides is 2. The van der Waals surface area contributed by atoms with E-state index in [2.05, 4.69) is 5.32 Å². The minimum absolute atomic E-state index is 0.0844. The largest absolute Gasteiger partial charge is 0.309 e. The van der Waals surface area contributed by atoms with Gasteiger partial charge in [-0.15, -0.1) is 0 Å². The first-order chi connectivity index (χ1) is 7.59. The zero-order valence-electron chi connectivity index (χ0n) is 8.85. The first-order valence-corrected chi connectivity index (χ1v) is 5.44. The molecule has 4 heteroatoms. The van der Waals surface area contributed by atoms with Gasteiger partial charge >= 0.3 is 0 Å². The highest BCUT2D eigenvalue weighted by Gasteiger charge is 2.41. The summed E-state index contributed by atoms with van der Waals surface area (Å²) in [6.07, 6.45) is 0.691. The fourth-order valence-electron chi connectivity index (χ4n) is 2.06. The van der Waals surface area contributed by atoms with E-state index in [9.17, 15) is 13.2 Å². The highest BCUT2D eigenvalue weighted by atomic mass is 19.3. The molecule has 88 valence electrons. The van der Waals surface area contributed by atoms with Gasteiger partial charge in [-0.05, 0) is 31.0 Å². The van der Waals surface area contributed by atoms with E-state index in [0.717, 1.165) is 6.42 Å². The molecule has 16 heavy (non-hydrogen) atoms. The van der Waals surface area contributed by atoms with Crippen LogP contribution in [0.4, 0.5) is 13.2 Å². The zero-order chi connectivity index (χ0) is 11.6. The van der Waals surface area contributed by atoms with Gasteiger partial charge in [0.2, 0.25) is 0 Å². The van der Waals surface area contributed by atoms with Crippen molar-refractivity contribution < 1.29 is 13.2 Å². The summed E-state index contributed by atoms with van der Waals surface area (Å²) in [4.78, 5) is 0. The van der Waals surface area contributed by atoms with Gasteiger partial charge in [-0.25, -0.2) is 13.2 Å². The summed E-state index contributed by atoms with van der Waals surface area (Å²) in [7, 11) is 0. The molecule has 1 aliphatic rings. The summed E-state index contributed by atoms with van der Waals surface area (Å²) in [6.45, 7) is 0.623. The molecule has 1 aromatic carbocycles. The van der Waals surface area contributed by atoms with Gasteiger partial charge in [0.25, 0.3) is 5.92 Å². The van der Waals surface area contributed by atoms with E-state index in [1.54, 1.807) is 6.07 Å². The van der Waals surface area contributed by atoms with Crippen molar-refractivity contribution in [1.82, 2.24) is 5.32 Å². The minimum atomic E-state index is -2.88. The van der Waals surface area contributed by atoms with Crippen molar-refractivity contribution in [2.75, 3.05) is 6.54 Å². The van der Waals surface area contributed by atoms with Crippen LogP contribution in [-0.4, -0.2) is 18.5 Å². The standard InChI is InChI=1S/C12H14F3N/c13-10-5-2-1-4-9(10)8-12(14,15)11-6-3-7-16-11/h1-2,4-5,11,16H,3,6-8H2. The first kappa shape index (κ1) is 11.5. The van der Waals surface area contributed by atoms with Crippen molar-refractivity contribution in [1.29, 1.82) is 0 Å². The average molecular weight is 229 g/mol. The SMILES string of the molecule is Fc1ccccc1CC(F)(F)C1CCCN1. The van der Waals surface area contributed by atoms with E-state index in [4.69, 9.17) is 0 Å². The van der Waals surface area contributed by atoms with E-state index in [1.807, 2.05) is 0 Å². The molecular formula is C12H14F3N. The van der Waals surface area contributed by atoms with Gasteiger partial charge in [-0.3, -0.25) is 0 Å². The van der Waals surface area contributed by atoms with Crippen LogP contribution in [0.25, 0.3) is 0 Å². The summed E-state index contributed by atoms with van der Waals surface area (Å²) in [6, 6.07) is 4.90. The van der Waals surface area contributed by atoms with Crippen molar-refractivity contribution in [2.24, 2.45) is 0 Å². The second-order valence-electron chi connectivity index (χ2n) is 4.18. The molecule has 0 amide bonds. The molecule has 1 saturated heterocycles. The Labute approximate surface area is 92.7 Å². The van der Waals surface area contributed by atoms with Crippen LogP contribution in [0.1, 0.15) is 18.4 Å². The third kappa shape index (κ3) is 2.38. The normalized spacial score (nSPS) is 21.3. The zero-order valence-corrected chi connectivity index (χ0v) is 8.85. The van der Waals surface area contributed by atoms with Crippen LogP contribution < -0.4 is 5.32 Å². The van der Waals surface area contributed by atoms with E-state index in [0.29, 0.717) is 13.0 Å². The molecule has 1 unspecified atom stereocenters. The summed E-state index contributed by atoms with van der Waals surface area (Å²) in [5.74, 6) is -3.43. The molecule has 0 bridgehead atoms. The summed E-state index contributed by atoms with van der Waals surface area (Å²) in [5, 5.41) is 2.76. The molecule has 0 saturated carbocycles. The molecule has 0 spiro atoms. The number of rotatable bonds is 3. The molecule has 1 aliphatic heterocycles. The quantitative estimate of drug-likeness (QED) is 0.840. The van der Waals surface area contributed by atoms with Crippen LogP contribution in [0.3, 0.4) is 0 Å². The molecule has 1 atom stereocenters. The lowest BCUT2D eigenvalue weighted by molar-refractivity contribution is -0.0314. The fraction of sp³-hybridized carbons (Fsp3) is 0.500. The smallest absolute Gasteiger partial charge is 0.267 e. The number of benzene rings is 1. The Morgan fingerprint density at radius 3 is 2.69 bits per heavy atom. The van der Waals surface area contributed by atoms with Crippen LogP contribution >= 0.6 is 0 Å². The van der Waals surface area contributed by atoms with Crippen molar-refractivity contribution in [3.05, 3.63) is 35.6 Å². The summed E-state index contributed by atoms with van der Waals surface area (Å²) < 4.78 is 40.8. The number of hydrogen-bond donors (Lipinski definition) is 1. The van der Waals surface area contributed by atoms with Crippen LogP contribution in [-0.2, 0) is 6.42 Å². The van der Waals surface area contributed by atoms with Gasteiger partial charge < -0.3 is 5.32 Å². The fourth-order valence-corrected chi connectivity index (χ4v) is 2.06. The topological polar surface area (TPSA) is 12.0 Å². The highest BCUT2D eigenvalue weighted by molar-refractivity contribution is 5.19. The predicted octanol–water partition coefficient (Wildman–Crippen LogP) is 2.76. The lowest BCUT2D eigenvalue weighted by Crippen LogP contribution is -2.42. The Bertz CT molecular complexity index is 359. The lowest BCUT2D eigenvalue weighted by Gasteiger charge is -2.23. The van der Waals surface area contributed by atoms with Crippen molar-refractivity contribution in [3.8, 4) is 0 Å². The van der Waals surface area contributed by atoms with Gasteiger partial charge in [0.15, 0.2) is 0 Å². The Balaban J connectivity index is 2.10. The molecule has 0 aliphatic carbocycles. The number of hydrogen-bond acceptors (Lipinski definition) is 1. The summed E-state index contributed by atoms with van der Waals surface area (Å²) in [5.41, 5.74) is 0.0844. The van der Waals surface area contributed by atoms with Gasteiger partial charge in [0, 0.05) is 6.42 Å². The molecular weight excluding hydrogens is 215 g/mol. The molecule has 0 aromatic heterocycles. The number of nitrogens with one attached hydrogen (secondary N) is 1. The Hall–Kier alpha value is -1.03. The molecule has 2 rings (SSSR count). The maximum Gasteiger partial charge on any atom is 0.267 e. The maximum absolute atomic E-state index is 13.8. The molecule has 1 N–H and O–H groups in total. The minimum Gasteiger partial charge on any atom is -0.309 e. The van der Waals surface area contributed by atoms with Gasteiger partial charge in [0.1, 0.15) is 5.82 Å². The van der Waals surface area contributed by atoms with Crippen molar-refractivity contribution in [2.45, 2.75) is 31.2 Å².